The van der Waals surface area contributed by atoms with Gasteiger partial charge in [-0.1, -0.05) is 11.8 Å². The first-order valence-corrected chi connectivity index (χ1v) is 3.56. The Morgan fingerprint density at radius 2 is 2.29 bits per heavy atom. The summed E-state index contributed by atoms with van der Waals surface area (Å²) in [7, 11) is 0. The number of hydrogen-bond donors (Lipinski definition) is 2. The summed E-state index contributed by atoms with van der Waals surface area (Å²) in [5.41, 5.74) is 0. The zero-order chi connectivity index (χ0) is 5.33. The molecule has 0 aliphatic carbocycles. The molecule has 7 heavy (non-hydrogen) atoms. The predicted molar refractivity (Wildman–Crippen MR) is 38.0 cm³/mol. The Labute approximate surface area is 57.0 Å². The second kappa shape index (κ2) is 1.87. The van der Waals surface area contributed by atoms with Crippen molar-refractivity contribution in [3.63, 3.8) is 0 Å². The van der Waals surface area contributed by atoms with Crippen LogP contribution in [0.1, 0.15) is 0 Å². The van der Waals surface area contributed by atoms with Crippen LogP contribution in [-0.2, 0) is 0 Å². The first-order valence-electron chi connectivity index (χ1n) is 1.68. The minimum Gasteiger partial charge on any atom is -0.180 e. The Morgan fingerprint density at radius 1 is 1.57 bits per heavy atom. The van der Waals surface area contributed by atoms with Crippen LogP contribution >= 0.6 is 37.0 Å². The van der Waals surface area contributed by atoms with Crippen LogP contribution in [0.2, 0.25) is 0 Å². The van der Waals surface area contributed by atoms with Crippen molar-refractivity contribution in [3.8, 4) is 0 Å². The van der Waals surface area contributed by atoms with E-state index >= 15 is 0 Å². The molecule has 0 aromatic heterocycles. The van der Waals surface area contributed by atoms with Crippen LogP contribution < -0.4 is 0 Å². The van der Waals surface area contributed by atoms with Crippen molar-refractivity contribution >= 4 is 37.0 Å². The SMILES string of the molecule is SC1(S)N=NCS1. The normalized spacial score (nSPS) is 26.0. The van der Waals surface area contributed by atoms with Crippen molar-refractivity contribution in [2.45, 2.75) is 3.54 Å². The quantitative estimate of drug-likeness (QED) is 0.400. The minimum atomic E-state index is -0.542. The highest BCUT2D eigenvalue weighted by atomic mass is 32.2. The van der Waals surface area contributed by atoms with Crippen molar-refractivity contribution in [2.24, 2.45) is 10.2 Å². The molecule has 0 unspecified atom stereocenters. The lowest BCUT2D eigenvalue weighted by molar-refractivity contribution is 1.05. The standard InChI is InChI=1S/C2H4N2S3/c5-2(6)4-3-1-7-2/h5-6H,1H2. The van der Waals surface area contributed by atoms with Gasteiger partial charge in [-0.3, -0.25) is 0 Å². The lowest BCUT2D eigenvalue weighted by Crippen LogP contribution is -1.94. The van der Waals surface area contributed by atoms with Gasteiger partial charge in [-0.25, -0.2) is 0 Å². The van der Waals surface area contributed by atoms with Gasteiger partial charge in [0.15, 0.2) is 0 Å². The number of hydrogen-bond acceptors (Lipinski definition) is 5. The van der Waals surface area contributed by atoms with Crippen molar-refractivity contribution < 1.29 is 0 Å². The molecule has 0 fully saturated rings. The molecule has 1 rings (SSSR count). The van der Waals surface area contributed by atoms with Gasteiger partial charge in [0, 0.05) is 0 Å². The van der Waals surface area contributed by atoms with Crippen LogP contribution in [0.15, 0.2) is 10.2 Å². The summed E-state index contributed by atoms with van der Waals surface area (Å²) < 4.78 is -0.542. The number of rotatable bonds is 0. The van der Waals surface area contributed by atoms with E-state index in [9.17, 15) is 0 Å². The Bertz CT molecular complexity index is 99.1. The Balaban J connectivity index is 2.57. The van der Waals surface area contributed by atoms with Crippen LogP contribution in [0.4, 0.5) is 0 Å². The highest BCUT2D eigenvalue weighted by molar-refractivity contribution is 8.24. The fraction of sp³-hybridized carbons (Fsp3) is 1.00. The van der Waals surface area contributed by atoms with Gasteiger partial charge in [0.25, 0.3) is 0 Å². The molecule has 0 saturated carbocycles. The molecule has 0 bridgehead atoms. The number of azo groups is 1. The van der Waals surface area contributed by atoms with E-state index in [0.717, 1.165) is 0 Å². The van der Waals surface area contributed by atoms with Crippen LogP contribution in [0.3, 0.4) is 0 Å². The maximum atomic E-state index is 4.02. The molecule has 0 amide bonds. The molecule has 40 valence electrons. The first-order chi connectivity index (χ1) is 3.21. The van der Waals surface area contributed by atoms with Gasteiger partial charge < -0.3 is 0 Å². The molecule has 2 nitrogen and oxygen atoms in total. The second-order valence-electron chi connectivity index (χ2n) is 1.09. The van der Waals surface area contributed by atoms with E-state index < -0.39 is 3.54 Å². The second-order valence-corrected chi connectivity index (χ2v) is 4.48. The summed E-state index contributed by atoms with van der Waals surface area (Å²) in [5, 5.41) is 7.36. The van der Waals surface area contributed by atoms with Gasteiger partial charge in [0.1, 0.15) is 5.88 Å². The van der Waals surface area contributed by atoms with E-state index in [4.69, 9.17) is 0 Å². The summed E-state index contributed by atoms with van der Waals surface area (Å²) in [6, 6.07) is 0. The summed E-state index contributed by atoms with van der Waals surface area (Å²) in [5.74, 6) is 0.688. The van der Waals surface area contributed by atoms with Crippen molar-refractivity contribution in [2.75, 3.05) is 5.88 Å². The molecular weight excluding hydrogens is 148 g/mol. The summed E-state index contributed by atoms with van der Waals surface area (Å²) in [6.45, 7) is 0. The number of nitrogens with zero attached hydrogens (tertiary/aromatic N) is 2. The Hall–Kier alpha value is 0.650. The third kappa shape index (κ3) is 1.54. The van der Waals surface area contributed by atoms with Gasteiger partial charge >= 0.3 is 0 Å². The lowest BCUT2D eigenvalue weighted by Gasteiger charge is -2.04. The fourth-order valence-corrected chi connectivity index (χ4v) is 1.14. The lowest BCUT2D eigenvalue weighted by atomic mass is 11.4. The Morgan fingerprint density at radius 3 is 2.43 bits per heavy atom. The molecule has 0 N–H and O–H groups in total. The molecule has 1 heterocycles. The van der Waals surface area contributed by atoms with E-state index in [0.29, 0.717) is 5.88 Å². The van der Waals surface area contributed by atoms with Crippen molar-refractivity contribution in [1.29, 1.82) is 0 Å². The van der Waals surface area contributed by atoms with Crippen LogP contribution in [-0.4, -0.2) is 9.41 Å². The molecule has 0 aromatic rings. The van der Waals surface area contributed by atoms with E-state index in [1.807, 2.05) is 0 Å². The molecule has 0 saturated heterocycles. The maximum Gasteiger partial charge on any atom is 0.215 e. The maximum absolute atomic E-state index is 4.02. The predicted octanol–water partition coefficient (Wildman–Crippen LogP) is 1.61. The monoisotopic (exact) mass is 152 g/mol. The van der Waals surface area contributed by atoms with Crippen LogP contribution in [0, 0.1) is 0 Å². The zero-order valence-corrected chi connectivity index (χ0v) is 6.01. The van der Waals surface area contributed by atoms with Crippen LogP contribution in [0.25, 0.3) is 0 Å². The molecular formula is C2H4N2S3. The average Bonchev–Trinajstić information content (AvgIpc) is 1.84. The summed E-state index contributed by atoms with van der Waals surface area (Å²) >= 11 is 9.53. The van der Waals surface area contributed by atoms with Gasteiger partial charge in [-0.05, 0) is 0 Å². The van der Waals surface area contributed by atoms with Gasteiger partial charge in [-0.15, -0.1) is 25.3 Å². The van der Waals surface area contributed by atoms with E-state index in [1.165, 1.54) is 11.8 Å². The van der Waals surface area contributed by atoms with Crippen LogP contribution in [0.5, 0.6) is 0 Å². The number of thioether (sulfide) groups is 1. The summed E-state index contributed by atoms with van der Waals surface area (Å²) in [4.78, 5) is 0. The highest BCUT2D eigenvalue weighted by Gasteiger charge is 2.23. The molecule has 0 aromatic carbocycles. The number of thiol groups is 2. The van der Waals surface area contributed by atoms with Gasteiger partial charge in [-0.2, -0.15) is 10.2 Å². The Kier molecular flexibility index (Phi) is 1.55. The molecule has 1 aliphatic rings. The molecule has 1 aliphatic heterocycles. The van der Waals surface area contributed by atoms with Crippen molar-refractivity contribution in [1.82, 2.24) is 0 Å². The van der Waals surface area contributed by atoms with E-state index in [2.05, 4.69) is 35.5 Å². The fourth-order valence-electron chi connectivity index (χ4n) is 0.265. The van der Waals surface area contributed by atoms with Gasteiger partial charge in [0.05, 0.1) is 0 Å². The minimum absolute atomic E-state index is 0.542. The largest absolute Gasteiger partial charge is 0.215 e. The molecule has 0 radical (unpaired) electrons. The molecule has 5 heteroatoms. The summed E-state index contributed by atoms with van der Waals surface area (Å²) in [6.07, 6.45) is 0. The third-order valence-electron chi connectivity index (χ3n) is 0.517. The topological polar surface area (TPSA) is 24.7 Å². The van der Waals surface area contributed by atoms with E-state index in [1.54, 1.807) is 0 Å². The van der Waals surface area contributed by atoms with Gasteiger partial charge in [0.2, 0.25) is 3.54 Å². The third-order valence-corrected chi connectivity index (χ3v) is 2.18. The molecule has 0 spiro atoms. The van der Waals surface area contributed by atoms with E-state index in [-0.39, 0.29) is 0 Å². The zero-order valence-electron chi connectivity index (χ0n) is 3.40. The molecule has 0 atom stereocenters. The average molecular weight is 152 g/mol. The first kappa shape index (κ1) is 5.78. The smallest absolute Gasteiger partial charge is 0.180 e. The highest BCUT2D eigenvalue weighted by Crippen LogP contribution is 2.39. The van der Waals surface area contributed by atoms with Crippen molar-refractivity contribution in [3.05, 3.63) is 0 Å².